The van der Waals surface area contributed by atoms with E-state index < -0.39 is 0 Å². The van der Waals surface area contributed by atoms with Crippen LogP contribution in [0.15, 0.2) is 0 Å². The van der Waals surface area contributed by atoms with E-state index in [2.05, 4.69) is 42.7 Å². The molecule has 1 saturated heterocycles. The van der Waals surface area contributed by atoms with E-state index >= 15 is 0 Å². The van der Waals surface area contributed by atoms with E-state index in [9.17, 15) is 0 Å². The third-order valence-corrected chi connectivity index (χ3v) is 5.41. The minimum atomic E-state index is 0.740. The Morgan fingerprint density at radius 2 is 2.12 bits per heavy atom. The van der Waals surface area contributed by atoms with Crippen molar-refractivity contribution < 1.29 is 0 Å². The fraction of sp³-hybridized carbons (Fsp3) is 1.00. The fourth-order valence-electron chi connectivity index (χ4n) is 2.53. The molecule has 1 aliphatic heterocycles. The average Bonchev–Trinajstić information content (AvgIpc) is 3.06. The molecule has 3 heteroatoms. The lowest BCUT2D eigenvalue weighted by atomic mass is 10.1. The second kappa shape index (κ2) is 5.74. The SMILES string of the molecule is CC1SCCN(C(C)CCNC2CC2)C1C. The molecule has 94 valence electrons. The molecule has 3 atom stereocenters. The number of nitrogens with one attached hydrogen (secondary N) is 1. The van der Waals surface area contributed by atoms with Crippen LogP contribution in [0.25, 0.3) is 0 Å². The van der Waals surface area contributed by atoms with Gasteiger partial charge in [0.15, 0.2) is 0 Å². The van der Waals surface area contributed by atoms with Crippen LogP contribution in [-0.2, 0) is 0 Å². The molecule has 2 rings (SSSR count). The van der Waals surface area contributed by atoms with Crippen molar-refractivity contribution in [2.24, 2.45) is 0 Å². The maximum absolute atomic E-state index is 3.62. The van der Waals surface area contributed by atoms with Gasteiger partial charge in [0.1, 0.15) is 0 Å². The van der Waals surface area contributed by atoms with Crippen molar-refractivity contribution in [3.05, 3.63) is 0 Å². The molecule has 2 nitrogen and oxygen atoms in total. The van der Waals surface area contributed by atoms with Gasteiger partial charge in [-0.1, -0.05) is 6.92 Å². The second-order valence-corrected chi connectivity index (χ2v) is 6.91. The first-order valence-electron chi connectivity index (χ1n) is 6.79. The molecule has 1 N–H and O–H groups in total. The zero-order chi connectivity index (χ0) is 11.5. The van der Waals surface area contributed by atoms with Crippen molar-refractivity contribution in [1.82, 2.24) is 10.2 Å². The Morgan fingerprint density at radius 3 is 2.81 bits per heavy atom. The van der Waals surface area contributed by atoms with Gasteiger partial charge >= 0.3 is 0 Å². The average molecular weight is 242 g/mol. The Morgan fingerprint density at radius 1 is 1.38 bits per heavy atom. The molecule has 0 bridgehead atoms. The van der Waals surface area contributed by atoms with Crippen LogP contribution in [0.1, 0.15) is 40.0 Å². The lowest BCUT2D eigenvalue weighted by Crippen LogP contribution is -2.49. The van der Waals surface area contributed by atoms with Crippen molar-refractivity contribution in [3.63, 3.8) is 0 Å². The Balaban J connectivity index is 1.71. The van der Waals surface area contributed by atoms with Gasteiger partial charge < -0.3 is 5.32 Å². The quantitative estimate of drug-likeness (QED) is 0.797. The first-order valence-corrected chi connectivity index (χ1v) is 7.84. The predicted molar refractivity (Wildman–Crippen MR) is 73.2 cm³/mol. The van der Waals surface area contributed by atoms with Crippen molar-refractivity contribution >= 4 is 11.8 Å². The first-order chi connectivity index (χ1) is 7.68. The molecule has 0 aromatic rings. The van der Waals surface area contributed by atoms with E-state index in [1.807, 2.05) is 0 Å². The molecule has 3 unspecified atom stereocenters. The molecule has 16 heavy (non-hydrogen) atoms. The minimum absolute atomic E-state index is 0.740. The molecule has 0 radical (unpaired) electrons. The van der Waals surface area contributed by atoms with E-state index in [0.717, 1.165) is 23.4 Å². The molecule has 2 aliphatic rings. The Labute approximate surface area is 105 Å². The van der Waals surface area contributed by atoms with Crippen LogP contribution in [0.5, 0.6) is 0 Å². The maximum atomic E-state index is 3.62. The van der Waals surface area contributed by atoms with Crippen molar-refractivity contribution in [2.75, 3.05) is 18.8 Å². The first kappa shape index (κ1) is 12.7. The molecule has 1 aliphatic carbocycles. The zero-order valence-electron chi connectivity index (χ0n) is 10.9. The van der Waals surface area contributed by atoms with Crippen LogP contribution in [0.3, 0.4) is 0 Å². The highest BCUT2D eigenvalue weighted by Crippen LogP contribution is 2.26. The van der Waals surface area contributed by atoms with Crippen LogP contribution in [0.4, 0.5) is 0 Å². The van der Waals surface area contributed by atoms with Gasteiger partial charge in [-0.25, -0.2) is 0 Å². The summed E-state index contributed by atoms with van der Waals surface area (Å²) in [6.45, 7) is 9.64. The van der Waals surface area contributed by atoms with E-state index in [4.69, 9.17) is 0 Å². The number of nitrogens with zero attached hydrogens (tertiary/aromatic N) is 1. The van der Waals surface area contributed by atoms with E-state index in [1.54, 1.807) is 0 Å². The van der Waals surface area contributed by atoms with E-state index in [-0.39, 0.29) is 0 Å². The lowest BCUT2D eigenvalue weighted by Gasteiger charge is -2.41. The second-order valence-electron chi connectivity index (χ2n) is 5.42. The number of hydrogen-bond acceptors (Lipinski definition) is 3. The number of rotatable bonds is 5. The smallest absolute Gasteiger partial charge is 0.0186 e. The van der Waals surface area contributed by atoms with E-state index in [1.165, 1.54) is 38.1 Å². The summed E-state index contributed by atoms with van der Waals surface area (Å²) in [5.74, 6) is 1.31. The van der Waals surface area contributed by atoms with E-state index in [0.29, 0.717) is 0 Å². The summed E-state index contributed by atoms with van der Waals surface area (Å²) in [5.41, 5.74) is 0. The van der Waals surface area contributed by atoms with Crippen LogP contribution in [0, 0.1) is 0 Å². The number of thioether (sulfide) groups is 1. The monoisotopic (exact) mass is 242 g/mol. The van der Waals surface area contributed by atoms with Gasteiger partial charge in [0.2, 0.25) is 0 Å². The van der Waals surface area contributed by atoms with Gasteiger partial charge in [-0.2, -0.15) is 11.8 Å². The largest absolute Gasteiger partial charge is 0.314 e. The third-order valence-electron chi connectivity index (χ3n) is 4.07. The van der Waals surface area contributed by atoms with Gasteiger partial charge in [0.25, 0.3) is 0 Å². The summed E-state index contributed by atoms with van der Waals surface area (Å²) in [6, 6.07) is 2.35. The van der Waals surface area contributed by atoms with Crippen LogP contribution in [-0.4, -0.2) is 47.1 Å². The molecule has 0 aromatic heterocycles. The summed E-state index contributed by atoms with van der Waals surface area (Å²) in [6.07, 6.45) is 4.11. The molecule has 1 heterocycles. The molecule has 0 spiro atoms. The molecule has 0 amide bonds. The summed E-state index contributed by atoms with van der Waals surface area (Å²) >= 11 is 2.13. The lowest BCUT2D eigenvalue weighted by molar-refractivity contribution is 0.150. The van der Waals surface area contributed by atoms with Gasteiger partial charge in [-0.3, -0.25) is 4.90 Å². The fourth-order valence-corrected chi connectivity index (χ4v) is 3.65. The zero-order valence-corrected chi connectivity index (χ0v) is 11.7. The standard InChI is InChI=1S/C13H26N2S/c1-10(6-7-14-13-4-5-13)15-8-9-16-12(3)11(15)2/h10-14H,4-9H2,1-3H3. The topological polar surface area (TPSA) is 15.3 Å². The van der Waals surface area contributed by atoms with Crippen LogP contribution >= 0.6 is 11.8 Å². The molecular weight excluding hydrogens is 216 g/mol. The van der Waals surface area contributed by atoms with Gasteiger partial charge in [0.05, 0.1) is 0 Å². The van der Waals surface area contributed by atoms with Crippen molar-refractivity contribution in [3.8, 4) is 0 Å². The van der Waals surface area contributed by atoms with Gasteiger partial charge in [-0.05, 0) is 39.7 Å². The van der Waals surface area contributed by atoms with Gasteiger partial charge in [-0.15, -0.1) is 0 Å². The Hall–Kier alpha value is 0.270. The molecule has 2 fully saturated rings. The van der Waals surface area contributed by atoms with Crippen LogP contribution in [0.2, 0.25) is 0 Å². The highest BCUT2D eigenvalue weighted by Gasteiger charge is 2.28. The summed E-state index contributed by atoms with van der Waals surface area (Å²) in [5, 5.41) is 4.42. The summed E-state index contributed by atoms with van der Waals surface area (Å²) in [4.78, 5) is 2.70. The summed E-state index contributed by atoms with van der Waals surface area (Å²) < 4.78 is 0. The normalized spacial score (nSPS) is 33.9. The number of hydrogen-bond donors (Lipinski definition) is 1. The van der Waals surface area contributed by atoms with Crippen molar-refractivity contribution in [2.45, 2.75) is 63.4 Å². The Bertz CT molecular complexity index is 218. The predicted octanol–water partition coefficient (Wildman–Crippen LogP) is 2.34. The van der Waals surface area contributed by atoms with Crippen LogP contribution < -0.4 is 5.32 Å². The van der Waals surface area contributed by atoms with Gasteiger partial charge in [0, 0.05) is 35.7 Å². The highest BCUT2D eigenvalue weighted by molar-refractivity contribution is 8.00. The Kier molecular flexibility index (Phi) is 4.57. The third kappa shape index (κ3) is 3.38. The summed E-state index contributed by atoms with van der Waals surface area (Å²) in [7, 11) is 0. The highest BCUT2D eigenvalue weighted by atomic mass is 32.2. The maximum Gasteiger partial charge on any atom is 0.0186 e. The van der Waals surface area contributed by atoms with Crippen molar-refractivity contribution in [1.29, 1.82) is 0 Å². The molecular formula is C13H26N2S. The minimum Gasteiger partial charge on any atom is -0.314 e. The molecule has 1 saturated carbocycles. The molecule has 0 aromatic carbocycles.